The fourth-order valence-corrected chi connectivity index (χ4v) is 2.25. The molecule has 19 heavy (non-hydrogen) atoms. The molecule has 3 N–H and O–H groups in total. The smallest absolute Gasteiger partial charge is 0.231 e. The molecule has 2 aromatic rings. The van der Waals surface area contributed by atoms with Crippen LogP contribution in [0.4, 0.5) is 0 Å². The van der Waals surface area contributed by atoms with Crippen molar-refractivity contribution in [3.05, 3.63) is 30.1 Å². The Morgan fingerprint density at radius 2 is 2.16 bits per heavy atom. The number of guanidine groups is 1. The standard InChI is InChI=1S/C13H15N5O/c1-13(7-10(19)18(2)12(14)17-13)11-15-8-5-3-4-6-9(8)16-11/h3-6H,7H2,1-2H3,(H2,14,17)(H,15,16)/t13-/m0/s1. The first kappa shape index (κ1) is 11.7. The van der Waals surface area contributed by atoms with Gasteiger partial charge in [-0.25, -0.2) is 9.98 Å². The molecular weight excluding hydrogens is 242 g/mol. The number of rotatable bonds is 1. The van der Waals surface area contributed by atoms with Gasteiger partial charge in [-0.3, -0.25) is 9.69 Å². The average molecular weight is 257 g/mol. The first-order chi connectivity index (χ1) is 8.99. The Bertz CT molecular complexity index is 656. The highest BCUT2D eigenvalue weighted by atomic mass is 16.2. The lowest BCUT2D eigenvalue weighted by molar-refractivity contribution is -0.128. The molecule has 1 aromatic carbocycles. The zero-order chi connectivity index (χ0) is 13.6. The molecule has 0 radical (unpaired) electrons. The number of aromatic nitrogens is 2. The molecule has 98 valence electrons. The highest BCUT2D eigenvalue weighted by Crippen LogP contribution is 2.31. The lowest BCUT2D eigenvalue weighted by Crippen LogP contribution is -2.47. The number of para-hydroxylation sites is 2. The monoisotopic (exact) mass is 257 g/mol. The molecule has 1 aliphatic heterocycles. The summed E-state index contributed by atoms with van der Waals surface area (Å²) in [4.78, 5) is 25.4. The summed E-state index contributed by atoms with van der Waals surface area (Å²) in [6, 6.07) is 7.72. The Balaban J connectivity index is 2.12. The molecule has 0 unspecified atom stereocenters. The van der Waals surface area contributed by atoms with Crippen LogP contribution in [0.5, 0.6) is 0 Å². The normalized spacial score (nSPS) is 23.8. The molecule has 1 amide bonds. The van der Waals surface area contributed by atoms with E-state index in [9.17, 15) is 4.79 Å². The van der Waals surface area contributed by atoms with Gasteiger partial charge in [0.15, 0.2) is 5.96 Å². The second-order valence-corrected chi connectivity index (χ2v) is 4.98. The SMILES string of the molecule is CN1C(=O)C[C@@](C)(c2nc3ccccc3[nH]2)N=C1N. The zero-order valence-corrected chi connectivity index (χ0v) is 10.8. The zero-order valence-electron chi connectivity index (χ0n) is 10.8. The number of amides is 1. The van der Waals surface area contributed by atoms with Gasteiger partial charge in [0, 0.05) is 7.05 Å². The second kappa shape index (κ2) is 3.81. The van der Waals surface area contributed by atoms with Gasteiger partial charge in [0.1, 0.15) is 11.4 Å². The largest absolute Gasteiger partial charge is 0.369 e. The van der Waals surface area contributed by atoms with Crippen LogP contribution >= 0.6 is 0 Å². The van der Waals surface area contributed by atoms with Crippen molar-refractivity contribution in [3.63, 3.8) is 0 Å². The van der Waals surface area contributed by atoms with Crippen molar-refractivity contribution in [1.29, 1.82) is 0 Å². The maximum Gasteiger partial charge on any atom is 0.231 e. The van der Waals surface area contributed by atoms with E-state index >= 15 is 0 Å². The van der Waals surface area contributed by atoms with Crippen LogP contribution in [0.25, 0.3) is 11.0 Å². The quantitative estimate of drug-likeness (QED) is 0.797. The summed E-state index contributed by atoms with van der Waals surface area (Å²) in [7, 11) is 1.62. The van der Waals surface area contributed by atoms with Crippen LogP contribution in [0, 0.1) is 0 Å². The Kier molecular flexibility index (Phi) is 2.35. The Morgan fingerprint density at radius 3 is 2.84 bits per heavy atom. The van der Waals surface area contributed by atoms with Crippen molar-refractivity contribution in [2.24, 2.45) is 10.7 Å². The first-order valence-electron chi connectivity index (χ1n) is 6.07. The summed E-state index contributed by atoms with van der Waals surface area (Å²) >= 11 is 0. The number of carbonyl (C=O) groups is 1. The van der Waals surface area contributed by atoms with E-state index < -0.39 is 5.54 Å². The average Bonchev–Trinajstić information content (AvgIpc) is 2.80. The van der Waals surface area contributed by atoms with E-state index in [1.165, 1.54) is 4.90 Å². The Hall–Kier alpha value is -2.37. The van der Waals surface area contributed by atoms with E-state index in [1.807, 2.05) is 31.2 Å². The van der Waals surface area contributed by atoms with Crippen molar-refractivity contribution in [2.45, 2.75) is 18.9 Å². The number of carbonyl (C=O) groups excluding carboxylic acids is 1. The number of aromatic amines is 1. The molecule has 1 atom stereocenters. The van der Waals surface area contributed by atoms with Gasteiger partial charge in [-0.15, -0.1) is 0 Å². The molecule has 0 fully saturated rings. The second-order valence-electron chi connectivity index (χ2n) is 4.98. The van der Waals surface area contributed by atoms with Crippen LogP contribution in [0.3, 0.4) is 0 Å². The summed E-state index contributed by atoms with van der Waals surface area (Å²) in [5.74, 6) is 0.827. The molecule has 3 rings (SSSR count). The van der Waals surface area contributed by atoms with Crippen LogP contribution in [0.1, 0.15) is 19.2 Å². The van der Waals surface area contributed by atoms with Gasteiger partial charge in [-0.2, -0.15) is 0 Å². The van der Waals surface area contributed by atoms with Crippen molar-refractivity contribution in [1.82, 2.24) is 14.9 Å². The molecule has 2 heterocycles. The molecular formula is C13H15N5O. The van der Waals surface area contributed by atoms with Gasteiger partial charge in [-0.1, -0.05) is 12.1 Å². The van der Waals surface area contributed by atoms with Gasteiger partial charge in [-0.05, 0) is 19.1 Å². The third-order valence-corrected chi connectivity index (χ3v) is 3.47. The minimum absolute atomic E-state index is 0.0598. The number of hydrogen-bond donors (Lipinski definition) is 2. The van der Waals surface area contributed by atoms with Crippen LogP contribution in [-0.2, 0) is 10.3 Å². The summed E-state index contributed by atoms with van der Waals surface area (Å²) in [5.41, 5.74) is 6.85. The first-order valence-corrected chi connectivity index (χ1v) is 6.07. The van der Waals surface area contributed by atoms with Crippen LogP contribution in [-0.4, -0.2) is 33.8 Å². The summed E-state index contributed by atoms with van der Waals surface area (Å²) < 4.78 is 0. The topological polar surface area (TPSA) is 87.4 Å². The number of nitrogens with zero attached hydrogens (tertiary/aromatic N) is 3. The Morgan fingerprint density at radius 1 is 1.42 bits per heavy atom. The number of hydrogen-bond acceptors (Lipinski definition) is 4. The van der Waals surface area contributed by atoms with E-state index in [4.69, 9.17) is 5.73 Å². The van der Waals surface area contributed by atoms with Crippen LogP contribution in [0.2, 0.25) is 0 Å². The van der Waals surface area contributed by atoms with Crippen molar-refractivity contribution < 1.29 is 4.79 Å². The van der Waals surface area contributed by atoms with E-state index in [1.54, 1.807) is 7.05 Å². The molecule has 0 aliphatic carbocycles. The van der Waals surface area contributed by atoms with Crippen LogP contribution in [0.15, 0.2) is 29.3 Å². The third kappa shape index (κ3) is 1.76. The number of benzene rings is 1. The lowest BCUT2D eigenvalue weighted by Gasteiger charge is -2.31. The van der Waals surface area contributed by atoms with E-state index in [0.29, 0.717) is 5.82 Å². The third-order valence-electron chi connectivity index (χ3n) is 3.47. The summed E-state index contributed by atoms with van der Waals surface area (Å²) in [6.07, 6.45) is 0.254. The minimum atomic E-state index is -0.729. The molecule has 1 aliphatic rings. The lowest BCUT2D eigenvalue weighted by atomic mass is 9.95. The molecule has 0 saturated heterocycles. The molecule has 0 spiro atoms. The predicted molar refractivity (Wildman–Crippen MR) is 72.5 cm³/mol. The number of imidazole rings is 1. The van der Waals surface area contributed by atoms with Crippen molar-refractivity contribution in [3.8, 4) is 0 Å². The fraction of sp³-hybridized carbons (Fsp3) is 0.308. The maximum absolute atomic E-state index is 11.9. The number of nitrogens with one attached hydrogen (secondary N) is 1. The summed E-state index contributed by atoms with van der Waals surface area (Å²) in [6.45, 7) is 1.86. The number of aliphatic imine (C=N–C) groups is 1. The van der Waals surface area contributed by atoms with Crippen molar-refractivity contribution in [2.75, 3.05) is 7.05 Å². The van der Waals surface area contributed by atoms with Gasteiger partial charge >= 0.3 is 0 Å². The van der Waals surface area contributed by atoms with E-state index in [2.05, 4.69) is 15.0 Å². The van der Waals surface area contributed by atoms with Gasteiger partial charge in [0.25, 0.3) is 0 Å². The minimum Gasteiger partial charge on any atom is -0.369 e. The number of fused-ring (bicyclic) bond motifs is 1. The molecule has 0 saturated carbocycles. The highest BCUT2D eigenvalue weighted by Gasteiger charge is 2.38. The molecule has 6 heteroatoms. The number of H-pyrrole nitrogens is 1. The molecule has 6 nitrogen and oxygen atoms in total. The molecule has 1 aromatic heterocycles. The predicted octanol–water partition coefficient (Wildman–Crippen LogP) is 0.955. The number of nitrogens with two attached hydrogens (primary N) is 1. The molecule has 0 bridgehead atoms. The van der Waals surface area contributed by atoms with Gasteiger partial charge in [0.2, 0.25) is 5.91 Å². The summed E-state index contributed by atoms with van der Waals surface area (Å²) in [5, 5.41) is 0. The van der Waals surface area contributed by atoms with Crippen molar-refractivity contribution >= 4 is 22.9 Å². The van der Waals surface area contributed by atoms with E-state index in [-0.39, 0.29) is 18.3 Å². The van der Waals surface area contributed by atoms with Gasteiger partial charge < -0.3 is 10.7 Å². The van der Waals surface area contributed by atoms with Gasteiger partial charge in [0.05, 0.1) is 17.5 Å². The van der Waals surface area contributed by atoms with Crippen LogP contribution < -0.4 is 5.73 Å². The fourth-order valence-electron chi connectivity index (χ4n) is 2.25. The highest BCUT2D eigenvalue weighted by molar-refractivity contribution is 5.98. The Labute approximate surface area is 110 Å². The van der Waals surface area contributed by atoms with E-state index in [0.717, 1.165) is 11.0 Å². The maximum atomic E-state index is 11.9.